The van der Waals surface area contributed by atoms with E-state index in [1.54, 1.807) is 0 Å². The van der Waals surface area contributed by atoms with Crippen molar-refractivity contribution >= 4 is 0 Å². The van der Waals surface area contributed by atoms with Gasteiger partial charge in [-0.25, -0.2) is 0 Å². The number of allylic oxidation sites excluding steroid dienone is 2. The first kappa shape index (κ1) is 12.0. The minimum atomic E-state index is 0.671. The van der Waals surface area contributed by atoms with Crippen LogP contribution >= 0.6 is 0 Å². The Labute approximate surface area is 64.6 Å². The van der Waals surface area contributed by atoms with E-state index < -0.39 is 0 Å². The predicted molar refractivity (Wildman–Crippen MR) is 48.7 cm³/mol. The van der Waals surface area contributed by atoms with Gasteiger partial charge < -0.3 is 5.73 Å². The van der Waals surface area contributed by atoms with Crippen molar-refractivity contribution in [2.24, 2.45) is 5.73 Å². The molecule has 0 aromatic carbocycles. The van der Waals surface area contributed by atoms with E-state index in [1.807, 2.05) is 34.6 Å². The molecule has 0 rings (SSSR count). The smallest absolute Gasteiger partial charge is 0.0269 e. The van der Waals surface area contributed by atoms with Crippen LogP contribution in [0.25, 0.3) is 0 Å². The van der Waals surface area contributed by atoms with Gasteiger partial charge in [0.05, 0.1) is 0 Å². The molecule has 0 bridgehead atoms. The van der Waals surface area contributed by atoms with Gasteiger partial charge >= 0.3 is 0 Å². The fraction of sp³-hybridized carbons (Fsp3) is 0.556. The molecule has 0 saturated carbocycles. The number of hydrogen-bond acceptors (Lipinski definition) is 1. The Kier molecular flexibility index (Phi) is 7.68. The number of nitrogens with two attached hydrogens (primary N) is 1. The molecule has 0 atom stereocenters. The van der Waals surface area contributed by atoms with Crippen LogP contribution in [0.15, 0.2) is 23.4 Å². The average molecular weight is 141 g/mol. The van der Waals surface area contributed by atoms with E-state index in [1.165, 1.54) is 5.57 Å². The van der Waals surface area contributed by atoms with E-state index in [2.05, 4.69) is 6.58 Å². The molecule has 0 saturated heterocycles. The molecular weight excluding hydrogens is 122 g/mol. The summed E-state index contributed by atoms with van der Waals surface area (Å²) in [6.07, 6.45) is 0. The Bertz CT molecular complexity index is 128. The first-order chi connectivity index (χ1) is 4.55. The Hall–Kier alpha value is -0.720. The van der Waals surface area contributed by atoms with Crippen LogP contribution in [0.5, 0.6) is 0 Å². The summed E-state index contributed by atoms with van der Waals surface area (Å²) < 4.78 is 0. The van der Waals surface area contributed by atoms with Crippen molar-refractivity contribution in [2.75, 3.05) is 0 Å². The van der Waals surface area contributed by atoms with Crippen molar-refractivity contribution in [3.8, 4) is 0 Å². The summed E-state index contributed by atoms with van der Waals surface area (Å²) in [7, 11) is 0. The van der Waals surface area contributed by atoms with Crippen LogP contribution in [-0.4, -0.2) is 0 Å². The Morgan fingerprint density at radius 3 is 1.40 bits per heavy atom. The van der Waals surface area contributed by atoms with E-state index in [4.69, 9.17) is 5.73 Å². The summed E-state index contributed by atoms with van der Waals surface area (Å²) in [5.74, 6) is 0. The maximum Gasteiger partial charge on any atom is 0.0269 e. The van der Waals surface area contributed by atoms with Crippen LogP contribution in [-0.2, 0) is 0 Å². The van der Waals surface area contributed by atoms with Gasteiger partial charge in [0, 0.05) is 5.70 Å². The second-order valence-corrected chi connectivity index (χ2v) is 2.15. The maximum absolute atomic E-state index is 5.38. The minimum absolute atomic E-state index is 0.671. The topological polar surface area (TPSA) is 26.0 Å². The van der Waals surface area contributed by atoms with E-state index in [0.29, 0.717) is 5.70 Å². The molecule has 1 nitrogen and oxygen atoms in total. The van der Waals surface area contributed by atoms with Crippen molar-refractivity contribution < 1.29 is 0 Å². The van der Waals surface area contributed by atoms with E-state index >= 15 is 0 Å². The molecule has 0 aliphatic carbocycles. The molecule has 1 heteroatoms. The minimum Gasteiger partial charge on any atom is -0.399 e. The van der Waals surface area contributed by atoms with Crippen molar-refractivity contribution in [3.05, 3.63) is 23.4 Å². The van der Waals surface area contributed by atoms with Gasteiger partial charge in [-0.1, -0.05) is 26.0 Å². The van der Waals surface area contributed by atoms with Crippen LogP contribution < -0.4 is 5.73 Å². The van der Waals surface area contributed by atoms with E-state index in [0.717, 1.165) is 5.57 Å². The van der Waals surface area contributed by atoms with Gasteiger partial charge in [-0.3, -0.25) is 0 Å². The molecule has 0 aliphatic rings. The molecule has 0 aromatic heterocycles. The monoisotopic (exact) mass is 141 g/mol. The zero-order valence-electron chi connectivity index (χ0n) is 7.78. The number of rotatable bonds is 1. The zero-order valence-corrected chi connectivity index (χ0v) is 7.78. The fourth-order valence-corrected chi connectivity index (χ4v) is 0.321. The molecule has 10 heavy (non-hydrogen) atoms. The normalized spacial score (nSPS) is 7.30. The molecule has 0 fully saturated rings. The lowest BCUT2D eigenvalue weighted by Crippen LogP contribution is -1.96. The SMILES string of the molecule is C=C(N)C(C)=C(C)C.CC. The molecule has 0 radical (unpaired) electrons. The lowest BCUT2D eigenvalue weighted by Gasteiger charge is -1.99. The highest BCUT2D eigenvalue weighted by molar-refractivity contribution is 5.26. The first-order valence-corrected chi connectivity index (χ1v) is 3.64. The molecule has 0 heterocycles. The summed E-state index contributed by atoms with van der Waals surface area (Å²) >= 11 is 0. The summed E-state index contributed by atoms with van der Waals surface area (Å²) in [5, 5.41) is 0. The van der Waals surface area contributed by atoms with Crippen molar-refractivity contribution in [3.63, 3.8) is 0 Å². The third kappa shape index (κ3) is 5.42. The van der Waals surface area contributed by atoms with Crippen LogP contribution in [0.4, 0.5) is 0 Å². The molecule has 60 valence electrons. The summed E-state index contributed by atoms with van der Waals surface area (Å²) in [6, 6.07) is 0. The molecule has 0 unspecified atom stereocenters. The van der Waals surface area contributed by atoms with Crippen LogP contribution in [0.2, 0.25) is 0 Å². The van der Waals surface area contributed by atoms with Crippen LogP contribution in [0.3, 0.4) is 0 Å². The lowest BCUT2D eigenvalue weighted by molar-refractivity contribution is 1.21. The van der Waals surface area contributed by atoms with Crippen molar-refractivity contribution in [1.82, 2.24) is 0 Å². The standard InChI is InChI=1S/C7H13N.C2H6/c1-5(2)6(3)7(4)8;1-2/h4,8H2,1-3H3;1-2H3. The second-order valence-electron chi connectivity index (χ2n) is 2.15. The molecule has 0 aromatic rings. The Morgan fingerprint density at radius 1 is 1.10 bits per heavy atom. The van der Waals surface area contributed by atoms with Gasteiger partial charge in [0.15, 0.2) is 0 Å². The summed E-state index contributed by atoms with van der Waals surface area (Å²) in [4.78, 5) is 0. The Morgan fingerprint density at radius 2 is 1.40 bits per heavy atom. The quantitative estimate of drug-likeness (QED) is 0.558. The Balaban J connectivity index is 0. The first-order valence-electron chi connectivity index (χ1n) is 3.64. The molecule has 2 N–H and O–H groups in total. The van der Waals surface area contributed by atoms with Crippen LogP contribution in [0.1, 0.15) is 34.6 Å². The average Bonchev–Trinajstić information content (AvgIpc) is 1.90. The highest BCUT2D eigenvalue weighted by Gasteiger charge is 1.89. The fourth-order valence-electron chi connectivity index (χ4n) is 0.321. The zero-order chi connectivity index (χ0) is 8.73. The van der Waals surface area contributed by atoms with Gasteiger partial charge in [-0.15, -0.1) is 0 Å². The molecular formula is C9H19N. The van der Waals surface area contributed by atoms with Crippen LogP contribution in [0, 0.1) is 0 Å². The molecule has 0 aliphatic heterocycles. The third-order valence-electron chi connectivity index (χ3n) is 1.23. The maximum atomic E-state index is 5.38. The van der Waals surface area contributed by atoms with E-state index in [9.17, 15) is 0 Å². The predicted octanol–water partition coefficient (Wildman–Crippen LogP) is 2.84. The molecule has 0 spiro atoms. The number of hydrogen-bond donors (Lipinski definition) is 1. The highest BCUT2D eigenvalue weighted by Crippen LogP contribution is 2.05. The highest BCUT2D eigenvalue weighted by atomic mass is 14.6. The van der Waals surface area contributed by atoms with Crippen molar-refractivity contribution in [2.45, 2.75) is 34.6 Å². The third-order valence-corrected chi connectivity index (χ3v) is 1.23. The second kappa shape index (κ2) is 6.40. The van der Waals surface area contributed by atoms with Crippen molar-refractivity contribution in [1.29, 1.82) is 0 Å². The summed E-state index contributed by atoms with van der Waals surface area (Å²) in [6.45, 7) is 13.6. The van der Waals surface area contributed by atoms with Gasteiger partial charge in [0.2, 0.25) is 0 Å². The van der Waals surface area contributed by atoms with E-state index in [-0.39, 0.29) is 0 Å². The van der Waals surface area contributed by atoms with Gasteiger partial charge in [-0.2, -0.15) is 0 Å². The molecule has 0 amide bonds. The van der Waals surface area contributed by atoms with Gasteiger partial charge in [-0.05, 0) is 26.3 Å². The largest absolute Gasteiger partial charge is 0.399 e. The summed E-state index contributed by atoms with van der Waals surface area (Å²) in [5.41, 5.74) is 8.39. The lowest BCUT2D eigenvalue weighted by atomic mass is 10.1. The van der Waals surface area contributed by atoms with Gasteiger partial charge in [0.1, 0.15) is 0 Å². The van der Waals surface area contributed by atoms with Gasteiger partial charge in [0.25, 0.3) is 0 Å².